The number of rotatable bonds is 4. The first kappa shape index (κ1) is 11.2. The third-order valence-electron chi connectivity index (χ3n) is 2.45. The summed E-state index contributed by atoms with van der Waals surface area (Å²) in [5, 5.41) is 6.60. The number of ether oxygens (including phenoxy) is 2. The molecule has 1 heterocycles. The van der Waals surface area contributed by atoms with Crippen molar-refractivity contribution in [2.24, 2.45) is 0 Å². The van der Waals surface area contributed by atoms with E-state index in [4.69, 9.17) is 9.47 Å². The van der Waals surface area contributed by atoms with Gasteiger partial charge in [0.15, 0.2) is 11.5 Å². The van der Waals surface area contributed by atoms with Crippen molar-refractivity contribution in [3.05, 3.63) is 30.1 Å². The quantitative estimate of drug-likeness (QED) is 0.818. The van der Waals surface area contributed by atoms with Crippen LogP contribution in [-0.2, 0) is 0 Å². The van der Waals surface area contributed by atoms with Crippen molar-refractivity contribution in [1.29, 1.82) is 0 Å². The van der Waals surface area contributed by atoms with E-state index in [1.807, 2.05) is 0 Å². The number of carbonyl (C=O) groups is 1. The summed E-state index contributed by atoms with van der Waals surface area (Å²) in [5.74, 6) is 1.10. The van der Waals surface area contributed by atoms with Gasteiger partial charge in [0.05, 0.1) is 20.4 Å². The Balaban J connectivity index is 2.66. The zero-order valence-electron chi connectivity index (χ0n) is 9.56. The molecule has 0 atom stereocenters. The molecule has 0 radical (unpaired) electrons. The Kier molecular flexibility index (Phi) is 3.09. The lowest BCUT2D eigenvalue weighted by atomic mass is 10.0. The van der Waals surface area contributed by atoms with E-state index in [2.05, 4.69) is 10.2 Å². The summed E-state index contributed by atoms with van der Waals surface area (Å²) in [6.45, 7) is 0. The Labute approximate surface area is 98.4 Å². The molecule has 0 unspecified atom stereocenters. The third-order valence-corrected chi connectivity index (χ3v) is 2.45. The molecule has 0 fully saturated rings. The number of carbonyl (C=O) groups excluding carboxylic acids is 1. The van der Waals surface area contributed by atoms with Crippen LogP contribution in [0.4, 0.5) is 0 Å². The van der Waals surface area contributed by atoms with Crippen LogP contribution in [0.3, 0.4) is 0 Å². The molecule has 0 bridgehead atoms. The number of methoxy groups -OCH3 is 2. The Morgan fingerprint density at radius 2 is 2.12 bits per heavy atom. The number of hydrogen-bond acceptors (Lipinski definition) is 4. The number of aromatic amines is 1. The summed E-state index contributed by atoms with van der Waals surface area (Å²) < 4.78 is 10.5. The molecular formula is C12H12N2O3. The molecule has 2 rings (SSSR count). The van der Waals surface area contributed by atoms with Crippen molar-refractivity contribution in [2.45, 2.75) is 0 Å². The minimum absolute atomic E-state index is 0.522. The van der Waals surface area contributed by atoms with Crippen molar-refractivity contribution >= 4 is 6.29 Å². The van der Waals surface area contributed by atoms with Gasteiger partial charge in [-0.2, -0.15) is 5.10 Å². The lowest BCUT2D eigenvalue weighted by Crippen LogP contribution is -1.95. The van der Waals surface area contributed by atoms with Crippen molar-refractivity contribution in [3.63, 3.8) is 0 Å². The molecule has 0 spiro atoms. The van der Waals surface area contributed by atoms with Gasteiger partial charge in [0.25, 0.3) is 0 Å². The normalized spacial score (nSPS) is 10.0. The van der Waals surface area contributed by atoms with E-state index in [1.165, 1.54) is 7.11 Å². The predicted octanol–water partition coefficient (Wildman–Crippen LogP) is 1.91. The standard InChI is InChI=1S/C12H12N2O3/c1-16-11-4-8(7-15)3-10(12(11)17-2)9-5-13-14-6-9/h3-7H,1-2H3,(H,13,14). The van der Waals surface area contributed by atoms with Gasteiger partial charge in [0, 0.05) is 22.9 Å². The topological polar surface area (TPSA) is 64.2 Å². The first-order valence-electron chi connectivity index (χ1n) is 5.00. The first-order chi connectivity index (χ1) is 8.30. The Morgan fingerprint density at radius 3 is 2.65 bits per heavy atom. The molecule has 0 saturated carbocycles. The van der Waals surface area contributed by atoms with Crippen molar-refractivity contribution in [3.8, 4) is 22.6 Å². The van der Waals surface area contributed by atoms with Crippen LogP contribution >= 0.6 is 0 Å². The number of aromatic nitrogens is 2. The summed E-state index contributed by atoms with van der Waals surface area (Å²) in [6.07, 6.45) is 4.16. The van der Waals surface area contributed by atoms with Crippen LogP contribution in [0.15, 0.2) is 24.5 Å². The molecule has 88 valence electrons. The number of H-pyrrole nitrogens is 1. The van der Waals surface area contributed by atoms with Gasteiger partial charge in [-0.25, -0.2) is 0 Å². The molecule has 0 aliphatic carbocycles. The van der Waals surface area contributed by atoms with Crippen LogP contribution in [0.2, 0.25) is 0 Å². The molecule has 0 saturated heterocycles. The molecule has 5 heteroatoms. The van der Waals surface area contributed by atoms with Gasteiger partial charge in [0.1, 0.15) is 6.29 Å². The average Bonchev–Trinajstić information content (AvgIpc) is 2.90. The molecule has 1 aromatic carbocycles. The van der Waals surface area contributed by atoms with E-state index in [9.17, 15) is 4.79 Å². The number of hydrogen-bond donors (Lipinski definition) is 1. The Hall–Kier alpha value is -2.30. The van der Waals surface area contributed by atoms with E-state index in [-0.39, 0.29) is 0 Å². The Bertz CT molecular complexity index is 521. The molecule has 2 aromatic rings. The minimum atomic E-state index is 0.522. The summed E-state index contributed by atoms with van der Waals surface area (Å²) >= 11 is 0. The Morgan fingerprint density at radius 1 is 1.29 bits per heavy atom. The fourth-order valence-corrected chi connectivity index (χ4v) is 1.67. The molecule has 1 N–H and O–H groups in total. The van der Waals surface area contributed by atoms with Gasteiger partial charge in [0.2, 0.25) is 0 Å². The van der Waals surface area contributed by atoms with Crippen LogP contribution in [0, 0.1) is 0 Å². The van der Waals surface area contributed by atoms with Gasteiger partial charge >= 0.3 is 0 Å². The van der Waals surface area contributed by atoms with Gasteiger partial charge in [-0.15, -0.1) is 0 Å². The van der Waals surface area contributed by atoms with Gasteiger partial charge in [-0.1, -0.05) is 0 Å². The molecule has 0 amide bonds. The van der Waals surface area contributed by atoms with Crippen molar-refractivity contribution in [1.82, 2.24) is 10.2 Å². The fraction of sp³-hybridized carbons (Fsp3) is 0.167. The van der Waals surface area contributed by atoms with Crippen LogP contribution < -0.4 is 9.47 Å². The zero-order chi connectivity index (χ0) is 12.3. The number of nitrogens with one attached hydrogen (secondary N) is 1. The third kappa shape index (κ3) is 1.99. The SMILES string of the molecule is COc1cc(C=O)cc(-c2cn[nH]c2)c1OC. The zero-order valence-corrected chi connectivity index (χ0v) is 9.56. The maximum absolute atomic E-state index is 10.9. The molecule has 1 aromatic heterocycles. The van der Waals surface area contributed by atoms with Crippen LogP contribution in [0.1, 0.15) is 10.4 Å². The van der Waals surface area contributed by atoms with Crippen LogP contribution in [-0.4, -0.2) is 30.7 Å². The van der Waals surface area contributed by atoms with E-state index in [0.717, 1.165) is 17.4 Å². The summed E-state index contributed by atoms with van der Waals surface area (Å²) in [5.41, 5.74) is 2.13. The van der Waals surface area contributed by atoms with E-state index < -0.39 is 0 Å². The van der Waals surface area contributed by atoms with Gasteiger partial charge in [-0.3, -0.25) is 9.89 Å². The molecule has 0 aliphatic heterocycles. The van der Waals surface area contributed by atoms with Crippen LogP contribution in [0.25, 0.3) is 11.1 Å². The highest BCUT2D eigenvalue weighted by Crippen LogP contribution is 2.38. The number of nitrogens with zero attached hydrogens (tertiary/aromatic N) is 1. The van der Waals surface area contributed by atoms with Crippen molar-refractivity contribution in [2.75, 3.05) is 14.2 Å². The van der Waals surface area contributed by atoms with E-state index in [1.54, 1.807) is 31.6 Å². The number of benzene rings is 1. The lowest BCUT2D eigenvalue weighted by Gasteiger charge is -2.12. The minimum Gasteiger partial charge on any atom is -0.493 e. The predicted molar refractivity (Wildman–Crippen MR) is 62.5 cm³/mol. The first-order valence-corrected chi connectivity index (χ1v) is 5.00. The second-order valence-corrected chi connectivity index (χ2v) is 3.41. The van der Waals surface area contributed by atoms with E-state index in [0.29, 0.717) is 17.1 Å². The average molecular weight is 232 g/mol. The highest BCUT2D eigenvalue weighted by Gasteiger charge is 2.14. The smallest absolute Gasteiger partial charge is 0.168 e. The van der Waals surface area contributed by atoms with Gasteiger partial charge in [-0.05, 0) is 12.1 Å². The van der Waals surface area contributed by atoms with Gasteiger partial charge < -0.3 is 9.47 Å². The monoisotopic (exact) mass is 232 g/mol. The maximum Gasteiger partial charge on any atom is 0.168 e. The molecular weight excluding hydrogens is 220 g/mol. The molecule has 17 heavy (non-hydrogen) atoms. The summed E-state index contributed by atoms with van der Waals surface area (Å²) in [6, 6.07) is 3.37. The summed E-state index contributed by atoms with van der Waals surface area (Å²) in [7, 11) is 3.09. The fourth-order valence-electron chi connectivity index (χ4n) is 1.67. The second kappa shape index (κ2) is 4.69. The summed E-state index contributed by atoms with van der Waals surface area (Å²) in [4.78, 5) is 10.9. The highest BCUT2D eigenvalue weighted by molar-refractivity contribution is 5.83. The van der Waals surface area contributed by atoms with Crippen LogP contribution in [0.5, 0.6) is 11.5 Å². The molecule has 5 nitrogen and oxygen atoms in total. The maximum atomic E-state index is 10.9. The molecule has 0 aliphatic rings. The lowest BCUT2D eigenvalue weighted by molar-refractivity contribution is 0.112. The number of aldehydes is 1. The highest BCUT2D eigenvalue weighted by atomic mass is 16.5. The second-order valence-electron chi connectivity index (χ2n) is 3.41. The van der Waals surface area contributed by atoms with Crippen molar-refractivity contribution < 1.29 is 14.3 Å². The van der Waals surface area contributed by atoms with E-state index >= 15 is 0 Å². The largest absolute Gasteiger partial charge is 0.493 e.